The lowest BCUT2D eigenvalue weighted by Gasteiger charge is -2.47. The van der Waals surface area contributed by atoms with Crippen molar-refractivity contribution in [3.8, 4) is 0 Å². The Morgan fingerprint density at radius 1 is 1.10 bits per heavy atom. The Morgan fingerprint density at radius 3 is 2.30 bits per heavy atom. The Morgan fingerprint density at radius 2 is 1.80 bits per heavy atom. The van der Waals surface area contributed by atoms with Crippen LogP contribution in [-0.2, 0) is 4.74 Å². The van der Waals surface area contributed by atoms with Crippen molar-refractivity contribution in [3.63, 3.8) is 0 Å². The molecule has 3 heteroatoms. The average molecular weight is 274 g/mol. The third-order valence-corrected chi connectivity index (χ3v) is 4.69. The molecule has 3 rings (SSSR count). The van der Waals surface area contributed by atoms with Gasteiger partial charge in [0.15, 0.2) is 0 Å². The third-order valence-electron chi connectivity index (χ3n) is 4.69. The first-order chi connectivity index (χ1) is 9.65. The van der Waals surface area contributed by atoms with E-state index in [9.17, 15) is 0 Å². The Hall–Kier alpha value is -1.06. The maximum Gasteiger partial charge on any atom is 0.0645 e. The lowest BCUT2D eigenvalue weighted by molar-refractivity contribution is -0.0792. The predicted molar refractivity (Wildman–Crippen MR) is 83.5 cm³/mol. The van der Waals surface area contributed by atoms with Gasteiger partial charge in [0, 0.05) is 31.4 Å². The quantitative estimate of drug-likeness (QED) is 0.843. The highest BCUT2D eigenvalue weighted by atomic mass is 16.5. The molecular weight excluding hydrogens is 248 g/mol. The van der Waals surface area contributed by atoms with Gasteiger partial charge in [0.25, 0.3) is 0 Å². The highest BCUT2D eigenvalue weighted by Crippen LogP contribution is 2.24. The summed E-state index contributed by atoms with van der Waals surface area (Å²) in [5.74, 6) is 0.610. The van der Waals surface area contributed by atoms with Gasteiger partial charge in [-0.15, -0.1) is 0 Å². The van der Waals surface area contributed by atoms with Crippen LogP contribution in [0, 0.1) is 0 Å². The van der Waals surface area contributed by atoms with Crippen LogP contribution in [-0.4, -0.2) is 49.8 Å². The van der Waals surface area contributed by atoms with Crippen LogP contribution < -0.4 is 4.90 Å². The van der Waals surface area contributed by atoms with Crippen LogP contribution in [0.1, 0.15) is 32.3 Å². The fourth-order valence-electron chi connectivity index (χ4n) is 3.23. The molecule has 0 saturated carbocycles. The van der Waals surface area contributed by atoms with E-state index < -0.39 is 0 Å². The second kappa shape index (κ2) is 5.74. The second-order valence-corrected chi connectivity index (χ2v) is 6.47. The minimum Gasteiger partial charge on any atom is -0.378 e. The van der Waals surface area contributed by atoms with E-state index in [1.165, 1.54) is 11.3 Å². The first-order valence-corrected chi connectivity index (χ1v) is 7.83. The van der Waals surface area contributed by atoms with Crippen molar-refractivity contribution in [1.82, 2.24) is 4.90 Å². The van der Waals surface area contributed by atoms with Crippen molar-refractivity contribution in [3.05, 3.63) is 29.8 Å². The summed E-state index contributed by atoms with van der Waals surface area (Å²) in [7, 11) is 0. The summed E-state index contributed by atoms with van der Waals surface area (Å²) >= 11 is 0. The van der Waals surface area contributed by atoms with E-state index in [0.29, 0.717) is 18.0 Å². The zero-order valence-electron chi connectivity index (χ0n) is 12.9. The molecular formula is C17H26N2O. The SMILES string of the molecule is CC(C)c1ccc(N2CCN(C3COC3)[C@H](C)C2)cc1. The number of ether oxygens (including phenoxy) is 1. The summed E-state index contributed by atoms with van der Waals surface area (Å²) in [6.07, 6.45) is 0. The highest BCUT2D eigenvalue weighted by molar-refractivity contribution is 5.48. The first-order valence-electron chi connectivity index (χ1n) is 7.83. The van der Waals surface area contributed by atoms with Gasteiger partial charge in [-0.1, -0.05) is 26.0 Å². The fraction of sp³-hybridized carbons (Fsp3) is 0.647. The molecule has 2 aliphatic rings. The van der Waals surface area contributed by atoms with E-state index in [0.717, 1.165) is 32.8 Å². The van der Waals surface area contributed by atoms with Crippen molar-refractivity contribution in [2.45, 2.75) is 38.8 Å². The molecule has 0 aromatic heterocycles. The van der Waals surface area contributed by atoms with Gasteiger partial charge in [0.05, 0.1) is 19.3 Å². The molecule has 1 aromatic carbocycles. The van der Waals surface area contributed by atoms with Gasteiger partial charge in [0.2, 0.25) is 0 Å². The summed E-state index contributed by atoms with van der Waals surface area (Å²) < 4.78 is 5.33. The highest BCUT2D eigenvalue weighted by Gasteiger charge is 2.33. The molecule has 2 heterocycles. The third kappa shape index (κ3) is 2.70. The zero-order chi connectivity index (χ0) is 14.1. The van der Waals surface area contributed by atoms with Gasteiger partial charge >= 0.3 is 0 Å². The van der Waals surface area contributed by atoms with Crippen LogP contribution in [0.5, 0.6) is 0 Å². The summed E-state index contributed by atoms with van der Waals surface area (Å²) in [4.78, 5) is 5.13. The number of nitrogens with zero attached hydrogens (tertiary/aromatic N) is 2. The normalized spacial score (nSPS) is 25.0. The molecule has 0 amide bonds. The molecule has 2 saturated heterocycles. The Balaban J connectivity index is 1.64. The van der Waals surface area contributed by atoms with Crippen LogP contribution in [0.15, 0.2) is 24.3 Å². The van der Waals surface area contributed by atoms with Crippen LogP contribution in [0.2, 0.25) is 0 Å². The molecule has 110 valence electrons. The lowest BCUT2D eigenvalue weighted by Crippen LogP contribution is -2.60. The maximum absolute atomic E-state index is 5.33. The smallest absolute Gasteiger partial charge is 0.0645 e. The number of rotatable bonds is 3. The van der Waals surface area contributed by atoms with Gasteiger partial charge in [-0.3, -0.25) is 4.90 Å². The molecule has 3 nitrogen and oxygen atoms in total. The second-order valence-electron chi connectivity index (χ2n) is 6.47. The van der Waals surface area contributed by atoms with Gasteiger partial charge in [-0.25, -0.2) is 0 Å². The Bertz CT molecular complexity index is 439. The zero-order valence-corrected chi connectivity index (χ0v) is 12.9. The number of hydrogen-bond donors (Lipinski definition) is 0. The van der Waals surface area contributed by atoms with E-state index in [2.05, 4.69) is 54.8 Å². The van der Waals surface area contributed by atoms with Crippen LogP contribution >= 0.6 is 0 Å². The predicted octanol–water partition coefficient (Wildman–Crippen LogP) is 2.72. The minimum absolute atomic E-state index is 0.610. The van der Waals surface area contributed by atoms with Crippen molar-refractivity contribution >= 4 is 5.69 Å². The first kappa shape index (κ1) is 13.9. The molecule has 20 heavy (non-hydrogen) atoms. The van der Waals surface area contributed by atoms with E-state index in [4.69, 9.17) is 4.74 Å². The molecule has 0 unspecified atom stereocenters. The van der Waals surface area contributed by atoms with E-state index >= 15 is 0 Å². The largest absolute Gasteiger partial charge is 0.378 e. The number of anilines is 1. The van der Waals surface area contributed by atoms with E-state index in [1.807, 2.05) is 0 Å². The van der Waals surface area contributed by atoms with Crippen LogP contribution in [0.25, 0.3) is 0 Å². The van der Waals surface area contributed by atoms with Gasteiger partial charge < -0.3 is 9.64 Å². The summed E-state index contributed by atoms with van der Waals surface area (Å²) in [5.41, 5.74) is 2.79. The summed E-state index contributed by atoms with van der Waals surface area (Å²) in [5, 5.41) is 0. The maximum atomic E-state index is 5.33. The molecule has 0 spiro atoms. The number of piperazine rings is 1. The standard InChI is InChI=1S/C17H26N2O/c1-13(2)15-4-6-16(7-5-15)18-8-9-19(14(3)10-18)17-11-20-12-17/h4-7,13-14,17H,8-12H2,1-3H3/t14-/m1/s1. The van der Waals surface area contributed by atoms with Crippen molar-refractivity contribution in [1.29, 1.82) is 0 Å². The molecule has 2 aliphatic heterocycles. The molecule has 2 fully saturated rings. The van der Waals surface area contributed by atoms with Gasteiger partial charge in [0.1, 0.15) is 0 Å². The molecule has 1 atom stereocenters. The lowest BCUT2D eigenvalue weighted by atomic mass is 10.0. The number of benzene rings is 1. The monoisotopic (exact) mass is 274 g/mol. The van der Waals surface area contributed by atoms with E-state index in [1.54, 1.807) is 0 Å². The van der Waals surface area contributed by atoms with Gasteiger partial charge in [-0.2, -0.15) is 0 Å². The summed E-state index contributed by atoms with van der Waals surface area (Å²) in [6, 6.07) is 10.4. The fourth-order valence-corrected chi connectivity index (χ4v) is 3.23. The summed E-state index contributed by atoms with van der Waals surface area (Å²) in [6.45, 7) is 12.1. The molecule has 1 aromatic rings. The molecule has 0 aliphatic carbocycles. The minimum atomic E-state index is 0.610. The molecule has 0 N–H and O–H groups in total. The number of hydrogen-bond acceptors (Lipinski definition) is 3. The Labute approximate surface area is 122 Å². The van der Waals surface area contributed by atoms with Crippen LogP contribution in [0.3, 0.4) is 0 Å². The van der Waals surface area contributed by atoms with Crippen LogP contribution in [0.4, 0.5) is 5.69 Å². The molecule has 0 bridgehead atoms. The van der Waals surface area contributed by atoms with Crippen molar-refractivity contribution in [2.75, 3.05) is 37.7 Å². The van der Waals surface area contributed by atoms with Gasteiger partial charge in [-0.05, 0) is 30.5 Å². The molecule has 0 radical (unpaired) electrons. The Kier molecular flexibility index (Phi) is 3.99. The topological polar surface area (TPSA) is 15.7 Å². The van der Waals surface area contributed by atoms with Crippen molar-refractivity contribution in [2.24, 2.45) is 0 Å². The van der Waals surface area contributed by atoms with E-state index in [-0.39, 0.29) is 0 Å². The average Bonchev–Trinajstić information content (AvgIpc) is 2.39. The van der Waals surface area contributed by atoms with Crippen molar-refractivity contribution < 1.29 is 4.74 Å².